The van der Waals surface area contributed by atoms with E-state index in [1.54, 1.807) is 11.6 Å². The van der Waals surface area contributed by atoms with Gasteiger partial charge in [-0.15, -0.1) is 0 Å². The monoisotopic (exact) mass is 275 g/mol. The summed E-state index contributed by atoms with van der Waals surface area (Å²) in [6.07, 6.45) is 2.09. The van der Waals surface area contributed by atoms with Crippen molar-refractivity contribution in [1.82, 2.24) is 14.8 Å². The molecule has 0 aromatic carbocycles. The molecule has 6 nitrogen and oxygen atoms in total. The van der Waals surface area contributed by atoms with Crippen molar-refractivity contribution >= 4 is 5.97 Å². The zero-order valence-corrected chi connectivity index (χ0v) is 11.8. The van der Waals surface area contributed by atoms with Crippen LogP contribution in [0.1, 0.15) is 47.6 Å². The van der Waals surface area contributed by atoms with E-state index in [1.165, 1.54) is 0 Å². The van der Waals surface area contributed by atoms with Crippen molar-refractivity contribution in [2.24, 2.45) is 7.05 Å². The second-order valence-electron chi connectivity index (χ2n) is 5.02. The van der Waals surface area contributed by atoms with Gasteiger partial charge in [-0.2, -0.15) is 5.10 Å². The van der Waals surface area contributed by atoms with Crippen molar-refractivity contribution in [2.45, 2.75) is 32.6 Å². The van der Waals surface area contributed by atoms with Crippen LogP contribution < -0.4 is 0 Å². The first kappa shape index (κ1) is 12.9. The zero-order chi connectivity index (χ0) is 14.3. The third-order valence-corrected chi connectivity index (χ3v) is 3.30. The second kappa shape index (κ2) is 4.77. The zero-order valence-electron chi connectivity index (χ0n) is 11.8. The maximum Gasteiger partial charge on any atom is 0.376 e. The summed E-state index contributed by atoms with van der Waals surface area (Å²) >= 11 is 0. The van der Waals surface area contributed by atoms with Crippen LogP contribution >= 0.6 is 0 Å². The molecule has 0 radical (unpaired) electrons. The summed E-state index contributed by atoms with van der Waals surface area (Å²) in [6, 6.07) is 1.89. The molecular formula is C14H17N3O3. The number of rotatable bonds is 4. The topological polar surface area (TPSA) is 70.2 Å². The van der Waals surface area contributed by atoms with E-state index in [9.17, 15) is 4.79 Å². The predicted molar refractivity (Wildman–Crippen MR) is 71.4 cm³/mol. The number of hydrogen-bond acceptors (Lipinski definition) is 5. The second-order valence-corrected chi connectivity index (χ2v) is 5.02. The van der Waals surface area contributed by atoms with E-state index in [0.29, 0.717) is 18.4 Å². The highest BCUT2D eigenvalue weighted by atomic mass is 16.5. The van der Waals surface area contributed by atoms with Crippen molar-refractivity contribution in [3.8, 4) is 11.6 Å². The SMILES string of the molecule is CCOC(=O)c1oc(-c2cc(C)nn2C)nc1C1CC1. The molecule has 1 aliphatic carbocycles. The van der Waals surface area contributed by atoms with Crippen LogP contribution in [0.5, 0.6) is 0 Å². The van der Waals surface area contributed by atoms with Gasteiger partial charge in [0.15, 0.2) is 0 Å². The van der Waals surface area contributed by atoms with Gasteiger partial charge in [-0.25, -0.2) is 9.78 Å². The average molecular weight is 275 g/mol. The molecule has 6 heteroatoms. The first-order chi connectivity index (χ1) is 9.60. The lowest BCUT2D eigenvalue weighted by Crippen LogP contribution is -2.05. The Kier molecular flexibility index (Phi) is 3.08. The van der Waals surface area contributed by atoms with Crippen LogP contribution in [-0.2, 0) is 11.8 Å². The van der Waals surface area contributed by atoms with Gasteiger partial charge in [-0.1, -0.05) is 0 Å². The van der Waals surface area contributed by atoms with Crippen molar-refractivity contribution in [3.05, 3.63) is 23.2 Å². The van der Waals surface area contributed by atoms with E-state index in [4.69, 9.17) is 9.15 Å². The molecule has 0 amide bonds. The average Bonchev–Trinajstić information content (AvgIpc) is 3.06. The number of aromatic nitrogens is 3. The Morgan fingerprint density at radius 2 is 2.30 bits per heavy atom. The summed E-state index contributed by atoms with van der Waals surface area (Å²) in [5.41, 5.74) is 2.36. The molecule has 2 heterocycles. The molecule has 2 aromatic heterocycles. The van der Waals surface area contributed by atoms with Gasteiger partial charge in [0.25, 0.3) is 0 Å². The van der Waals surface area contributed by atoms with Gasteiger partial charge in [0.05, 0.1) is 18.0 Å². The van der Waals surface area contributed by atoms with Crippen molar-refractivity contribution in [3.63, 3.8) is 0 Å². The third kappa shape index (κ3) is 2.21. The van der Waals surface area contributed by atoms with E-state index in [-0.39, 0.29) is 5.76 Å². The number of ether oxygens (including phenoxy) is 1. The van der Waals surface area contributed by atoms with Crippen LogP contribution in [0.2, 0.25) is 0 Å². The van der Waals surface area contributed by atoms with Gasteiger partial charge < -0.3 is 9.15 Å². The van der Waals surface area contributed by atoms with Crippen LogP contribution in [0.25, 0.3) is 11.6 Å². The van der Waals surface area contributed by atoms with Gasteiger partial charge in [0.2, 0.25) is 11.7 Å². The molecule has 1 fully saturated rings. The van der Waals surface area contributed by atoms with E-state index in [2.05, 4.69) is 10.1 Å². The summed E-state index contributed by atoms with van der Waals surface area (Å²) < 4.78 is 12.4. The summed E-state index contributed by atoms with van der Waals surface area (Å²) in [7, 11) is 1.83. The lowest BCUT2D eigenvalue weighted by molar-refractivity contribution is 0.0489. The molecule has 1 aliphatic rings. The normalized spacial score (nSPS) is 14.6. The molecule has 0 unspecified atom stereocenters. The molecule has 106 valence electrons. The number of hydrogen-bond donors (Lipinski definition) is 0. The fourth-order valence-electron chi connectivity index (χ4n) is 2.23. The van der Waals surface area contributed by atoms with E-state index >= 15 is 0 Å². The summed E-state index contributed by atoms with van der Waals surface area (Å²) in [4.78, 5) is 16.4. The molecule has 0 atom stereocenters. The maximum absolute atomic E-state index is 12.0. The number of esters is 1. The molecule has 0 spiro atoms. The number of oxazole rings is 1. The molecular weight excluding hydrogens is 258 g/mol. The van der Waals surface area contributed by atoms with Crippen LogP contribution in [0.4, 0.5) is 0 Å². The Morgan fingerprint density at radius 1 is 1.55 bits per heavy atom. The molecule has 0 bridgehead atoms. The van der Waals surface area contributed by atoms with Crippen LogP contribution in [0.15, 0.2) is 10.5 Å². The predicted octanol–water partition coefficient (Wildman–Crippen LogP) is 2.44. The van der Waals surface area contributed by atoms with Crippen molar-refractivity contribution < 1.29 is 13.9 Å². The Hall–Kier alpha value is -2.11. The molecule has 3 rings (SSSR count). The minimum atomic E-state index is -0.438. The van der Waals surface area contributed by atoms with Gasteiger partial charge in [0, 0.05) is 13.0 Å². The minimum Gasteiger partial charge on any atom is -0.460 e. The Bertz CT molecular complexity index is 653. The fraction of sp³-hybridized carbons (Fsp3) is 0.500. The molecule has 1 saturated carbocycles. The maximum atomic E-state index is 12.0. The summed E-state index contributed by atoms with van der Waals surface area (Å²) in [5.74, 6) is 0.550. The lowest BCUT2D eigenvalue weighted by atomic mass is 10.2. The Balaban J connectivity index is 2.03. The number of aryl methyl sites for hydroxylation is 2. The standard InChI is InChI=1S/C14H17N3O3/c1-4-19-14(18)12-11(9-5-6-9)15-13(20-12)10-7-8(2)16-17(10)3/h7,9H,4-6H2,1-3H3. The first-order valence-corrected chi connectivity index (χ1v) is 6.79. The molecule has 0 saturated heterocycles. The lowest BCUT2D eigenvalue weighted by Gasteiger charge is -1.99. The fourth-order valence-corrected chi connectivity index (χ4v) is 2.23. The van der Waals surface area contributed by atoms with Gasteiger partial charge >= 0.3 is 5.97 Å². The molecule has 20 heavy (non-hydrogen) atoms. The number of carbonyl (C=O) groups excluding carboxylic acids is 1. The highest BCUT2D eigenvalue weighted by Crippen LogP contribution is 2.42. The third-order valence-electron chi connectivity index (χ3n) is 3.30. The number of nitrogens with zero attached hydrogens (tertiary/aromatic N) is 3. The quantitative estimate of drug-likeness (QED) is 0.801. The Morgan fingerprint density at radius 3 is 2.85 bits per heavy atom. The van der Waals surface area contributed by atoms with Crippen molar-refractivity contribution in [2.75, 3.05) is 6.61 Å². The molecule has 0 N–H and O–H groups in total. The highest BCUT2D eigenvalue weighted by molar-refractivity contribution is 5.88. The minimum absolute atomic E-state index is 0.239. The highest BCUT2D eigenvalue weighted by Gasteiger charge is 2.34. The Labute approximate surface area is 116 Å². The van der Waals surface area contributed by atoms with Gasteiger partial charge in [-0.05, 0) is 32.8 Å². The molecule has 2 aromatic rings. The summed E-state index contributed by atoms with van der Waals surface area (Å²) in [6.45, 7) is 4.00. The van der Waals surface area contributed by atoms with Crippen LogP contribution in [-0.4, -0.2) is 27.3 Å². The first-order valence-electron chi connectivity index (χ1n) is 6.79. The van der Waals surface area contributed by atoms with Crippen LogP contribution in [0.3, 0.4) is 0 Å². The van der Waals surface area contributed by atoms with Gasteiger partial charge in [-0.3, -0.25) is 4.68 Å². The van der Waals surface area contributed by atoms with E-state index in [0.717, 1.165) is 29.9 Å². The summed E-state index contributed by atoms with van der Waals surface area (Å²) in [5, 5.41) is 4.27. The van der Waals surface area contributed by atoms with E-state index in [1.807, 2.05) is 20.0 Å². The van der Waals surface area contributed by atoms with Crippen LogP contribution in [0, 0.1) is 6.92 Å². The van der Waals surface area contributed by atoms with E-state index < -0.39 is 5.97 Å². The molecule has 0 aliphatic heterocycles. The largest absolute Gasteiger partial charge is 0.460 e. The number of carbonyl (C=O) groups is 1. The van der Waals surface area contributed by atoms with Crippen molar-refractivity contribution in [1.29, 1.82) is 0 Å². The van der Waals surface area contributed by atoms with Gasteiger partial charge in [0.1, 0.15) is 5.69 Å². The smallest absolute Gasteiger partial charge is 0.376 e.